The zero-order valence-corrected chi connectivity index (χ0v) is 45.5. The number of esters is 1. The molecule has 23 heteroatoms. The van der Waals surface area contributed by atoms with Gasteiger partial charge in [0.1, 0.15) is 84.8 Å². The largest absolute Gasteiger partial charge is 0.479 e. The number of fused-ring (bicyclic) bond motifs is 7. The second-order valence-electron chi connectivity index (χ2n) is 26.4. The van der Waals surface area contributed by atoms with Crippen LogP contribution in [-0.4, -0.2) is 220 Å². The number of hydrogen-bond donors (Lipinski definition) is 13. The normalized spacial score (nSPS) is 54.4. The van der Waals surface area contributed by atoms with Crippen LogP contribution in [0.4, 0.5) is 0 Å². The molecule has 0 aromatic heterocycles. The van der Waals surface area contributed by atoms with Crippen LogP contribution in [0.5, 0.6) is 0 Å². The molecule has 29 atom stereocenters. The van der Waals surface area contributed by atoms with Gasteiger partial charge in [0, 0.05) is 0 Å². The van der Waals surface area contributed by atoms with Crippen LogP contribution < -0.4 is 0 Å². The summed E-state index contributed by atoms with van der Waals surface area (Å²) in [5.41, 5.74) is -2.61. The molecule has 8 fully saturated rings. The Morgan fingerprint density at radius 3 is 1.78 bits per heavy atom. The predicted molar refractivity (Wildman–Crippen MR) is 262 cm³/mol. The van der Waals surface area contributed by atoms with E-state index in [1.54, 1.807) is 0 Å². The van der Waals surface area contributed by atoms with Crippen LogP contribution in [0.1, 0.15) is 120 Å². The number of carbonyl (C=O) groups is 2. The van der Waals surface area contributed by atoms with Crippen LogP contribution >= 0.6 is 0 Å². The van der Waals surface area contributed by atoms with Crippen molar-refractivity contribution in [3.05, 3.63) is 11.6 Å². The molecule has 0 amide bonds. The van der Waals surface area contributed by atoms with Crippen molar-refractivity contribution < 1.29 is 114 Å². The van der Waals surface area contributed by atoms with E-state index in [1.165, 1.54) is 13.8 Å². The molecule has 13 N–H and O–H groups in total. The maximum absolute atomic E-state index is 14.8. The lowest BCUT2D eigenvalue weighted by atomic mass is 9.33. The van der Waals surface area contributed by atoms with E-state index in [4.69, 9.17) is 37.9 Å². The molecular weight excluding hydrogens is 1020 g/mol. The summed E-state index contributed by atoms with van der Waals surface area (Å²) in [4.78, 5) is 27.7. The molecule has 0 bridgehead atoms. The topological polar surface area (TPSA) is 371 Å². The van der Waals surface area contributed by atoms with Crippen LogP contribution in [0, 0.1) is 50.2 Å². The van der Waals surface area contributed by atoms with Gasteiger partial charge in [-0.15, -0.1) is 0 Å². The minimum atomic E-state index is -2.11. The molecule has 4 aliphatic heterocycles. The first-order valence-corrected chi connectivity index (χ1v) is 27.6. The predicted octanol–water partition coefficient (Wildman–Crippen LogP) is -0.917. The zero-order valence-electron chi connectivity index (χ0n) is 45.5. The van der Waals surface area contributed by atoms with E-state index in [1.807, 2.05) is 0 Å². The molecule has 4 saturated heterocycles. The fourth-order valence-corrected chi connectivity index (χ4v) is 16.5. The third-order valence-corrected chi connectivity index (χ3v) is 21.3. The number of aliphatic carboxylic acids is 1. The smallest absolute Gasteiger partial charge is 0.335 e. The number of aliphatic hydroxyl groups excluding tert-OH is 12. The number of ether oxygens (including phenoxy) is 8. The van der Waals surface area contributed by atoms with E-state index < -0.39 is 181 Å². The highest BCUT2D eigenvalue weighted by Crippen LogP contribution is 2.76. The van der Waals surface area contributed by atoms with Gasteiger partial charge in [-0.05, 0) is 116 Å². The van der Waals surface area contributed by atoms with Gasteiger partial charge >= 0.3 is 11.9 Å². The first kappa shape index (κ1) is 59.5. The van der Waals surface area contributed by atoms with E-state index in [0.29, 0.717) is 51.4 Å². The second kappa shape index (κ2) is 21.0. The molecular formula is C54H86O23. The molecule has 0 unspecified atom stereocenters. The number of allylic oxidation sites excluding steroid dienone is 2. The van der Waals surface area contributed by atoms with Crippen LogP contribution in [0.15, 0.2) is 11.6 Å². The highest BCUT2D eigenvalue weighted by molar-refractivity contribution is 5.80. The number of carbonyl (C=O) groups excluding carboxylic acids is 1. The van der Waals surface area contributed by atoms with Crippen molar-refractivity contribution in [2.45, 2.75) is 255 Å². The van der Waals surface area contributed by atoms with Gasteiger partial charge in [-0.3, -0.25) is 4.79 Å². The first-order valence-electron chi connectivity index (χ1n) is 27.6. The highest BCUT2D eigenvalue weighted by atomic mass is 16.8. The summed E-state index contributed by atoms with van der Waals surface area (Å²) >= 11 is 0. The summed E-state index contributed by atoms with van der Waals surface area (Å²) in [6, 6.07) is 0. The summed E-state index contributed by atoms with van der Waals surface area (Å²) < 4.78 is 48.5. The lowest BCUT2D eigenvalue weighted by molar-refractivity contribution is -0.395. The van der Waals surface area contributed by atoms with E-state index in [-0.39, 0.29) is 29.1 Å². The Kier molecular flexibility index (Phi) is 16.2. The molecule has 4 saturated carbocycles. The first-order chi connectivity index (χ1) is 35.8. The number of aliphatic hydroxyl groups is 12. The summed E-state index contributed by atoms with van der Waals surface area (Å²) in [7, 11) is 0. The van der Waals surface area contributed by atoms with Gasteiger partial charge < -0.3 is 104 Å². The Labute approximate surface area is 448 Å². The molecule has 77 heavy (non-hydrogen) atoms. The minimum Gasteiger partial charge on any atom is -0.479 e. The average molecular weight is 1100 g/mol. The summed E-state index contributed by atoms with van der Waals surface area (Å²) in [6.45, 7) is 17.3. The lowest BCUT2D eigenvalue weighted by Crippen LogP contribution is -2.69. The van der Waals surface area contributed by atoms with Gasteiger partial charge in [0.2, 0.25) is 6.29 Å². The van der Waals surface area contributed by atoms with Gasteiger partial charge in [-0.2, -0.15) is 0 Å². The van der Waals surface area contributed by atoms with E-state index in [0.717, 1.165) is 5.57 Å². The molecule has 9 rings (SSSR count). The van der Waals surface area contributed by atoms with E-state index >= 15 is 0 Å². The fraction of sp³-hybridized carbons (Fsp3) is 0.926. The van der Waals surface area contributed by atoms with Crippen LogP contribution in [0.25, 0.3) is 0 Å². The monoisotopic (exact) mass is 1100 g/mol. The van der Waals surface area contributed by atoms with Gasteiger partial charge in [0.05, 0.1) is 31.0 Å². The van der Waals surface area contributed by atoms with Crippen LogP contribution in [0.2, 0.25) is 0 Å². The molecule has 4 heterocycles. The highest BCUT2D eigenvalue weighted by Gasteiger charge is 2.72. The van der Waals surface area contributed by atoms with Gasteiger partial charge in [0.15, 0.2) is 25.0 Å². The summed E-state index contributed by atoms with van der Waals surface area (Å²) in [5, 5.41) is 142. The fourth-order valence-electron chi connectivity index (χ4n) is 16.5. The van der Waals surface area contributed by atoms with Gasteiger partial charge in [0.25, 0.3) is 0 Å². The Morgan fingerprint density at radius 2 is 1.17 bits per heavy atom. The molecule has 23 nitrogen and oxygen atoms in total. The third-order valence-electron chi connectivity index (χ3n) is 21.3. The van der Waals surface area contributed by atoms with Crippen molar-refractivity contribution in [2.75, 3.05) is 6.61 Å². The van der Waals surface area contributed by atoms with Gasteiger partial charge in [-0.25, -0.2) is 4.79 Å². The van der Waals surface area contributed by atoms with E-state index in [9.17, 15) is 76.0 Å². The lowest BCUT2D eigenvalue weighted by Gasteiger charge is -2.71. The van der Waals surface area contributed by atoms with Crippen molar-refractivity contribution in [1.29, 1.82) is 0 Å². The van der Waals surface area contributed by atoms with E-state index in [2.05, 4.69) is 54.5 Å². The maximum atomic E-state index is 14.8. The van der Waals surface area contributed by atoms with Crippen molar-refractivity contribution in [3.8, 4) is 0 Å². The Bertz CT molecular complexity index is 2200. The zero-order chi connectivity index (χ0) is 56.6. The molecule has 0 radical (unpaired) electrons. The number of rotatable bonds is 10. The molecule has 0 spiro atoms. The van der Waals surface area contributed by atoms with Crippen molar-refractivity contribution in [2.24, 2.45) is 50.2 Å². The minimum absolute atomic E-state index is 0.0434. The summed E-state index contributed by atoms with van der Waals surface area (Å²) in [5.74, 6) is -2.80. The second-order valence-corrected chi connectivity index (χ2v) is 26.4. The van der Waals surface area contributed by atoms with Gasteiger partial charge in [-0.1, -0.05) is 60.1 Å². The SMILES string of the molecule is C[C@@H]1O[C@@H](O[C@H]2[C@H](O)[C@@H](C(=O)O)O[C@@H](O[C@H]3CC[C@]4(C)[C@H]5CC=C6[C@@H]7CC(C)(C)CC[C@]7(C(=O)O[C@@H]7O[C@H](C)[C@@H](O)[C@H](O)[C@@H]7O)[C@H](O)C[C@@]6(C)[C@]5(C)CC[C@H]4C3(C)C)[C@@H]2O[C@@H]2O[C@H](CO)[C@H](O)[C@H](O)[C@H]2O)[C@H](O)[C@H](O)[C@H]1O. The quantitative estimate of drug-likeness (QED) is 0.0715. The number of carboxylic acids is 1. The Balaban J connectivity index is 1.01. The molecule has 0 aromatic carbocycles. The standard InChI is InChI=1S/C54H86O23/c1-21-30(57)33(60)36(63)44(70-21)74-40-39(66)41(43(67)68)75-47(42(40)76-46-38(65)35(62)32(59)25(20-55)72-46)73-29-13-14-51(7)26(50(29,5)6)12-15-52(8)27(51)11-10-23-24-18-49(3,4)16-17-54(24,28(56)19-53(23,52)9)48(69)77-45-37(64)34(61)31(58)22(2)71-45/h10,21-22,24-42,44-47,55-66H,11-20H2,1-9H3,(H,67,68)/t21-,22+,24-,25+,26-,27+,28+,29-,30-,31+,32-,33+,34-,35-,36+,37-,38+,39-,40-,41-,42+,44-,45-,46-,47+,51-,52+,53+,54+/m0/s1. The third kappa shape index (κ3) is 9.47. The number of hydrogen-bond acceptors (Lipinski definition) is 22. The van der Waals surface area contributed by atoms with Crippen LogP contribution in [-0.2, 0) is 47.5 Å². The average Bonchev–Trinajstić information content (AvgIpc) is 3.44. The van der Waals surface area contributed by atoms with Crippen LogP contribution in [0.3, 0.4) is 0 Å². The molecule has 440 valence electrons. The molecule has 0 aromatic rings. The molecule has 5 aliphatic carbocycles. The number of carboxylic acid groups (broad SMARTS) is 1. The van der Waals surface area contributed by atoms with Crippen molar-refractivity contribution in [3.63, 3.8) is 0 Å². The molecule has 9 aliphatic rings. The van der Waals surface area contributed by atoms with Crippen molar-refractivity contribution in [1.82, 2.24) is 0 Å². The maximum Gasteiger partial charge on any atom is 0.335 e. The Hall–Kier alpha value is -2.08. The van der Waals surface area contributed by atoms with Crippen molar-refractivity contribution >= 4 is 11.9 Å². The summed E-state index contributed by atoms with van der Waals surface area (Å²) in [6.07, 6.45) is -28.8. The Morgan fingerprint density at radius 1 is 0.597 bits per heavy atom.